The number of nitrogens with zero attached hydrogens (tertiary/aromatic N) is 1. The molecule has 0 spiro atoms. The number of likely N-dealkylation sites (tertiary alicyclic amines) is 1. The maximum absolute atomic E-state index is 13.3. The summed E-state index contributed by atoms with van der Waals surface area (Å²) in [6, 6.07) is 23.5. The third-order valence-electron chi connectivity index (χ3n) is 6.17. The van der Waals surface area contributed by atoms with E-state index in [1.54, 1.807) is 54.6 Å². The van der Waals surface area contributed by atoms with E-state index in [-0.39, 0.29) is 23.9 Å². The second-order valence-corrected chi connectivity index (χ2v) is 10.6. The van der Waals surface area contributed by atoms with Crippen molar-refractivity contribution in [1.82, 2.24) is 10.2 Å². The number of benzene rings is 3. The van der Waals surface area contributed by atoms with Crippen molar-refractivity contribution in [2.24, 2.45) is 0 Å². The predicted molar refractivity (Wildman–Crippen MR) is 150 cm³/mol. The number of thioether (sulfide) groups is 1. The summed E-state index contributed by atoms with van der Waals surface area (Å²) in [5.41, 5.74) is 3.02. The molecule has 1 atom stereocenters. The van der Waals surface area contributed by atoms with Crippen LogP contribution in [0.5, 0.6) is 0 Å². The van der Waals surface area contributed by atoms with Gasteiger partial charge < -0.3 is 10.6 Å². The average Bonchev–Trinajstić information content (AvgIpc) is 3.16. The third kappa shape index (κ3) is 6.58. The van der Waals surface area contributed by atoms with Crippen LogP contribution in [-0.2, 0) is 14.4 Å². The lowest BCUT2D eigenvalue weighted by atomic mass is 10.0. The standard InChI is InChI=1S/C30H29N3O4S/c1-19(2)21-11-9-20(10-12-21)17-25(32-28(35)22-7-5-4-6-8-22)29(36)31-23-13-15-24(16-14-23)38-26-18-27(34)33(3)30(26)37/h4-17,19,26H,18H2,1-3H3,(H,31,36)(H,32,35)/b25-17-. The minimum absolute atomic E-state index is 0.104. The number of carbonyl (C=O) groups excluding carboxylic acids is 4. The zero-order valence-electron chi connectivity index (χ0n) is 21.4. The lowest BCUT2D eigenvalue weighted by Gasteiger charge is -2.13. The minimum atomic E-state index is -0.471. The van der Waals surface area contributed by atoms with Gasteiger partial charge in [0.25, 0.3) is 11.8 Å². The number of imide groups is 1. The highest BCUT2D eigenvalue weighted by molar-refractivity contribution is 8.00. The van der Waals surface area contributed by atoms with Gasteiger partial charge in [-0.25, -0.2) is 0 Å². The molecule has 1 fully saturated rings. The van der Waals surface area contributed by atoms with Gasteiger partial charge >= 0.3 is 0 Å². The molecule has 1 heterocycles. The Balaban J connectivity index is 1.50. The molecule has 0 bridgehead atoms. The molecule has 4 rings (SSSR count). The van der Waals surface area contributed by atoms with Gasteiger partial charge in [-0.15, -0.1) is 11.8 Å². The van der Waals surface area contributed by atoms with Crippen LogP contribution in [0.2, 0.25) is 0 Å². The number of anilines is 1. The number of carbonyl (C=O) groups is 4. The van der Waals surface area contributed by atoms with Gasteiger partial charge in [-0.05, 0) is 59.5 Å². The van der Waals surface area contributed by atoms with Crippen LogP contribution in [0.25, 0.3) is 6.08 Å². The van der Waals surface area contributed by atoms with Crippen molar-refractivity contribution >= 4 is 47.2 Å². The van der Waals surface area contributed by atoms with E-state index in [1.807, 2.05) is 30.3 Å². The Morgan fingerprint density at radius 2 is 1.61 bits per heavy atom. The number of hydrogen-bond acceptors (Lipinski definition) is 5. The van der Waals surface area contributed by atoms with Gasteiger partial charge in [-0.2, -0.15) is 0 Å². The molecule has 0 saturated carbocycles. The zero-order valence-corrected chi connectivity index (χ0v) is 22.2. The molecule has 7 nitrogen and oxygen atoms in total. The summed E-state index contributed by atoms with van der Waals surface area (Å²) in [6.07, 6.45) is 1.82. The maximum atomic E-state index is 13.3. The van der Waals surface area contributed by atoms with Crippen LogP contribution < -0.4 is 10.6 Å². The second-order valence-electron chi connectivity index (χ2n) is 9.28. The molecule has 4 amide bonds. The van der Waals surface area contributed by atoms with E-state index in [1.165, 1.54) is 24.4 Å². The van der Waals surface area contributed by atoms with Crippen LogP contribution in [0.4, 0.5) is 5.69 Å². The lowest BCUT2D eigenvalue weighted by molar-refractivity contribution is -0.136. The number of nitrogens with one attached hydrogen (secondary N) is 2. The Morgan fingerprint density at radius 1 is 0.947 bits per heavy atom. The average molecular weight is 528 g/mol. The normalized spacial score (nSPS) is 15.6. The Bertz CT molecular complexity index is 1370. The topological polar surface area (TPSA) is 95.6 Å². The number of rotatable bonds is 8. The fraction of sp³-hybridized carbons (Fsp3) is 0.200. The first kappa shape index (κ1) is 26.9. The molecule has 1 saturated heterocycles. The molecular formula is C30H29N3O4S. The maximum Gasteiger partial charge on any atom is 0.272 e. The fourth-order valence-corrected chi connectivity index (χ4v) is 4.99. The van der Waals surface area contributed by atoms with Crippen LogP contribution in [0, 0.1) is 0 Å². The van der Waals surface area contributed by atoms with Gasteiger partial charge in [-0.3, -0.25) is 24.1 Å². The van der Waals surface area contributed by atoms with Crippen LogP contribution >= 0.6 is 11.8 Å². The number of hydrogen-bond donors (Lipinski definition) is 2. The molecule has 3 aromatic rings. The summed E-state index contributed by atoms with van der Waals surface area (Å²) >= 11 is 1.32. The van der Waals surface area contributed by atoms with Crippen LogP contribution in [-0.4, -0.2) is 40.8 Å². The number of amides is 4. The molecule has 8 heteroatoms. The largest absolute Gasteiger partial charge is 0.321 e. The minimum Gasteiger partial charge on any atom is -0.321 e. The highest BCUT2D eigenvalue weighted by Crippen LogP contribution is 2.31. The molecule has 1 unspecified atom stereocenters. The molecule has 38 heavy (non-hydrogen) atoms. The summed E-state index contributed by atoms with van der Waals surface area (Å²) in [4.78, 5) is 52.0. The van der Waals surface area contributed by atoms with Crippen molar-refractivity contribution in [2.45, 2.75) is 36.3 Å². The Hall–Kier alpha value is -4.17. The smallest absolute Gasteiger partial charge is 0.272 e. The van der Waals surface area contributed by atoms with Crippen molar-refractivity contribution in [3.8, 4) is 0 Å². The lowest BCUT2D eigenvalue weighted by Crippen LogP contribution is -2.30. The molecule has 0 aliphatic carbocycles. The first-order valence-corrected chi connectivity index (χ1v) is 13.2. The van der Waals surface area contributed by atoms with Crippen molar-refractivity contribution in [2.75, 3.05) is 12.4 Å². The summed E-state index contributed by atoms with van der Waals surface area (Å²) in [5.74, 6) is -0.878. The van der Waals surface area contributed by atoms with E-state index in [0.29, 0.717) is 17.2 Å². The zero-order chi connectivity index (χ0) is 27.2. The van der Waals surface area contributed by atoms with Crippen molar-refractivity contribution in [3.05, 3.63) is 101 Å². The van der Waals surface area contributed by atoms with E-state index in [0.717, 1.165) is 15.4 Å². The van der Waals surface area contributed by atoms with Crippen molar-refractivity contribution in [1.29, 1.82) is 0 Å². The quantitative estimate of drug-likeness (QED) is 0.315. The van der Waals surface area contributed by atoms with Crippen LogP contribution in [0.1, 0.15) is 47.7 Å². The molecule has 3 aromatic carbocycles. The van der Waals surface area contributed by atoms with E-state index in [4.69, 9.17) is 0 Å². The molecule has 0 radical (unpaired) electrons. The fourth-order valence-electron chi connectivity index (χ4n) is 3.88. The highest BCUT2D eigenvalue weighted by Gasteiger charge is 2.36. The van der Waals surface area contributed by atoms with Gasteiger partial charge in [0.15, 0.2) is 0 Å². The predicted octanol–water partition coefficient (Wildman–Crippen LogP) is 5.07. The Labute approximate surface area is 226 Å². The van der Waals surface area contributed by atoms with E-state index in [2.05, 4.69) is 24.5 Å². The van der Waals surface area contributed by atoms with Crippen LogP contribution in [0.3, 0.4) is 0 Å². The molecule has 1 aliphatic rings. The summed E-state index contributed by atoms with van der Waals surface area (Å²) in [6.45, 7) is 4.22. The summed E-state index contributed by atoms with van der Waals surface area (Å²) in [7, 11) is 1.49. The highest BCUT2D eigenvalue weighted by atomic mass is 32.2. The van der Waals surface area contributed by atoms with Crippen molar-refractivity contribution < 1.29 is 19.2 Å². The van der Waals surface area contributed by atoms with Gasteiger partial charge in [-0.1, -0.05) is 56.3 Å². The van der Waals surface area contributed by atoms with E-state index >= 15 is 0 Å². The third-order valence-corrected chi connectivity index (χ3v) is 7.37. The molecular weight excluding hydrogens is 498 g/mol. The van der Waals surface area contributed by atoms with E-state index < -0.39 is 17.1 Å². The summed E-state index contributed by atoms with van der Waals surface area (Å²) in [5, 5.41) is 5.13. The van der Waals surface area contributed by atoms with Gasteiger partial charge in [0, 0.05) is 29.6 Å². The molecule has 194 valence electrons. The monoisotopic (exact) mass is 527 g/mol. The summed E-state index contributed by atoms with van der Waals surface area (Å²) < 4.78 is 0. The Kier molecular flexibility index (Phi) is 8.43. The molecule has 2 N–H and O–H groups in total. The van der Waals surface area contributed by atoms with Gasteiger partial charge in [0.1, 0.15) is 5.70 Å². The van der Waals surface area contributed by atoms with Gasteiger partial charge in [0.05, 0.1) is 5.25 Å². The Morgan fingerprint density at radius 3 is 2.18 bits per heavy atom. The molecule has 1 aliphatic heterocycles. The first-order valence-electron chi connectivity index (χ1n) is 12.3. The molecule has 0 aromatic heterocycles. The first-order chi connectivity index (χ1) is 18.2. The SMILES string of the molecule is CC(C)c1ccc(/C=C(\NC(=O)c2ccccc2)C(=O)Nc2ccc(SC3CC(=O)N(C)C3=O)cc2)cc1. The van der Waals surface area contributed by atoms with Crippen molar-refractivity contribution in [3.63, 3.8) is 0 Å². The van der Waals surface area contributed by atoms with Crippen LogP contribution in [0.15, 0.2) is 89.5 Å². The van der Waals surface area contributed by atoms with Gasteiger partial charge in [0.2, 0.25) is 11.8 Å². The second kappa shape index (κ2) is 11.9. The van der Waals surface area contributed by atoms with E-state index in [9.17, 15) is 19.2 Å².